The van der Waals surface area contributed by atoms with Crippen LogP contribution < -0.4 is 5.32 Å². The highest BCUT2D eigenvalue weighted by molar-refractivity contribution is 6.30. The Morgan fingerprint density at radius 3 is 2.67 bits per heavy atom. The van der Waals surface area contributed by atoms with E-state index in [4.69, 9.17) is 11.6 Å². The van der Waals surface area contributed by atoms with E-state index >= 15 is 0 Å². The van der Waals surface area contributed by atoms with Gasteiger partial charge in [-0.25, -0.2) is 0 Å². The number of hydrogen-bond donors (Lipinski definition) is 1. The lowest BCUT2D eigenvalue weighted by Crippen LogP contribution is -2.23. The van der Waals surface area contributed by atoms with E-state index in [1.165, 1.54) is 5.56 Å². The van der Waals surface area contributed by atoms with Gasteiger partial charge in [0.25, 0.3) is 0 Å². The lowest BCUT2D eigenvalue weighted by molar-refractivity contribution is -0.116. The highest BCUT2D eigenvalue weighted by Crippen LogP contribution is 2.10. The fraction of sp³-hybridized carbons (Fsp3) is 0.167. The molecule has 0 fully saturated rings. The summed E-state index contributed by atoms with van der Waals surface area (Å²) in [5.41, 5.74) is 3.34. The van der Waals surface area contributed by atoms with E-state index in [-0.39, 0.29) is 5.91 Å². The van der Waals surface area contributed by atoms with Gasteiger partial charge in [0.1, 0.15) is 0 Å². The molecule has 2 aromatic carbocycles. The van der Waals surface area contributed by atoms with Gasteiger partial charge in [-0.2, -0.15) is 0 Å². The zero-order valence-electron chi connectivity index (χ0n) is 12.0. The van der Waals surface area contributed by atoms with Crippen LogP contribution in [0.25, 0.3) is 6.08 Å². The van der Waals surface area contributed by atoms with Crippen molar-refractivity contribution in [2.75, 3.05) is 6.54 Å². The van der Waals surface area contributed by atoms with Crippen LogP contribution in [0.4, 0.5) is 0 Å². The molecule has 0 aliphatic rings. The van der Waals surface area contributed by atoms with Crippen molar-refractivity contribution in [1.29, 1.82) is 0 Å². The summed E-state index contributed by atoms with van der Waals surface area (Å²) in [6.45, 7) is 2.63. The Balaban J connectivity index is 1.78. The smallest absolute Gasteiger partial charge is 0.244 e. The van der Waals surface area contributed by atoms with Crippen LogP contribution in [0.5, 0.6) is 0 Å². The average molecular weight is 300 g/mol. The molecule has 0 bridgehead atoms. The van der Waals surface area contributed by atoms with Gasteiger partial charge in [-0.1, -0.05) is 53.6 Å². The van der Waals surface area contributed by atoms with Crippen molar-refractivity contribution in [1.82, 2.24) is 5.32 Å². The molecule has 2 nitrogen and oxygen atoms in total. The molecule has 0 saturated heterocycles. The topological polar surface area (TPSA) is 29.1 Å². The molecule has 0 unspecified atom stereocenters. The van der Waals surface area contributed by atoms with E-state index in [0.717, 1.165) is 22.6 Å². The van der Waals surface area contributed by atoms with Crippen molar-refractivity contribution in [2.45, 2.75) is 13.3 Å². The summed E-state index contributed by atoms with van der Waals surface area (Å²) < 4.78 is 0. The molecule has 108 valence electrons. The molecule has 0 aliphatic heterocycles. The van der Waals surface area contributed by atoms with Crippen LogP contribution in [0.3, 0.4) is 0 Å². The largest absolute Gasteiger partial charge is 0.352 e. The number of rotatable bonds is 5. The van der Waals surface area contributed by atoms with Crippen LogP contribution in [0.1, 0.15) is 16.7 Å². The van der Waals surface area contributed by atoms with Gasteiger partial charge in [-0.3, -0.25) is 4.79 Å². The molecule has 0 heterocycles. The molecule has 2 rings (SSSR count). The van der Waals surface area contributed by atoms with Gasteiger partial charge in [-0.05, 0) is 42.7 Å². The Morgan fingerprint density at radius 1 is 1.19 bits per heavy atom. The van der Waals surface area contributed by atoms with E-state index in [2.05, 4.69) is 5.32 Å². The fourth-order valence-electron chi connectivity index (χ4n) is 1.93. The first kappa shape index (κ1) is 15.3. The first-order valence-electron chi connectivity index (χ1n) is 6.90. The first-order valence-corrected chi connectivity index (χ1v) is 7.28. The minimum Gasteiger partial charge on any atom is -0.352 e. The second kappa shape index (κ2) is 7.65. The molecular weight excluding hydrogens is 282 g/mol. The Kier molecular flexibility index (Phi) is 5.59. The van der Waals surface area contributed by atoms with Crippen LogP contribution in [-0.2, 0) is 11.2 Å². The van der Waals surface area contributed by atoms with Crippen molar-refractivity contribution in [3.63, 3.8) is 0 Å². The zero-order valence-corrected chi connectivity index (χ0v) is 12.7. The van der Waals surface area contributed by atoms with Gasteiger partial charge >= 0.3 is 0 Å². The molecule has 0 atom stereocenters. The second-order valence-electron chi connectivity index (χ2n) is 4.91. The number of amides is 1. The molecule has 2 aromatic rings. The number of carbonyl (C=O) groups excluding carboxylic acids is 1. The number of aryl methyl sites for hydroxylation is 1. The first-order chi connectivity index (χ1) is 10.1. The van der Waals surface area contributed by atoms with E-state index in [1.54, 1.807) is 6.08 Å². The molecular formula is C18H18ClNO. The van der Waals surface area contributed by atoms with Gasteiger partial charge in [-0.15, -0.1) is 0 Å². The van der Waals surface area contributed by atoms with Crippen LogP contribution >= 0.6 is 11.6 Å². The lowest BCUT2D eigenvalue weighted by Gasteiger charge is -2.03. The van der Waals surface area contributed by atoms with Crippen molar-refractivity contribution < 1.29 is 4.79 Å². The van der Waals surface area contributed by atoms with Crippen LogP contribution in [-0.4, -0.2) is 12.5 Å². The Bertz CT molecular complexity index is 632. The van der Waals surface area contributed by atoms with Gasteiger partial charge < -0.3 is 5.32 Å². The van der Waals surface area contributed by atoms with Crippen molar-refractivity contribution in [3.8, 4) is 0 Å². The molecule has 21 heavy (non-hydrogen) atoms. The van der Waals surface area contributed by atoms with Gasteiger partial charge in [0, 0.05) is 17.6 Å². The third kappa shape index (κ3) is 5.44. The summed E-state index contributed by atoms with van der Waals surface area (Å²) in [6.07, 6.45) is 4.14. The lowest BCUT2D eigenvalue weighted by atomic mass is 10.1. The number of hydrogen-bond acceptors (Lipinski definition) is 1. The molecule has 1 N–H and O–H groups in total. The molecule has 3 heteroatoms. The maximum atomic E-state index is 11.7. The Hall–Kier alpha value is -2.06. The van der Waals surface area contributed by atoms with E-state index in [1.807, 2.05) is 61.5 Å². The minimum atomic E-state index is -0.0856. The normalized spacial score (nSPS) is 10.8. The molecule has 0 saturated carbocycles. The molecule has 0 spiro atoms. The quantitative estimate of drug-likeness (QED) is 0.830. The maximum absolute atomic E-state index is 11.7. The summed E-state index contributed by atoms with van der Waals surface area (Å²) in [5.74, 6) is -0.0856. The molecule has 1 amide bonds. The third-order valence-corrected chi connectivity index (χ3v) is 3.34. The SMILES string of the molecule is Cc1ccc(/C=C/C(=O)NCCc2cccc(Cl)c2)cc1. The monoisotopic (exact) mass is 299 g/mol. The molecule has 0 aliphatic carbocycles. The van der Waals surface area contributed by atoms with Crippen molar-refractivity contribution in [3.05, 3.63) is 76.3 Å². The summed E-state index contributed by atoms with van der Waals surface area (Å²) >= 11 is 5.92. The highest BCUT2D eigenvalue weighted by Gasteiger charge is 1.97. The summed E-state index contributed by atoms with van der Waals surface area (Å²) in [6, 6.07) is 15.7. The number of halogens is 1. The van der Waals surface area contributed by atoms with Crippen molar-refractivity contribution >= 4 is 23.6 Å². The number of carbonyl (C=O) groups is 1. The Labute approximate surface area is 130 Å². The summed E-state index contributed by atoms with van der Waals surface area (Å²) in [4.78, 5) is 11.7. The maximum Gasteiger partial charge on any atom is 0.244 e. The van der Waals surface area contributed by atoms with Crippen molar-refractivity contribution in [2.24, 2.45) is 0 Å². The van der Waals surface area contributed by atoms with E-state index in [9.17, 15) is 4.79 Å². The zero-order chi connectivity index (χ0) is 15.1. The van der Waals surface area contributed by atoms with Gasteiger partial charge in [0.15, 0.2) is 0 Å². The fourth-order valence-corrected chi connectivity index (χ4v) is 2.14. The molecule has 0 radical (unpaired) electrons. The number of nitrogens with one attached hydrogen (secondary N) is 1. The highest BCUT2D eigenvalue weighted by atomic mass is 35.5. The van der Waals surface area contributed by atoms with Gasteiger partial charge in [0.05, 0.1) is 0 Å². The summed E-state index contributed by atoms with van der Waals surface area (Å²) in [5, 5.41) is 3.58. The van der Waals surface area contributed by atoms with Crippen LogP contribution in [0, 0.1) is 6.92 Å². The van der Waals surface area contributed by atoms with Crippen LogP contribution in [0.15, 0.2) is 54.6 Å². The Morgan fingerprint density at radius 2 is 1.95 bits per heavy atom. The molecule has 0 aromatic heterocycles. The van der Waals surface area contributed by atoms with E-state index in [0.29, 0.717) is 6.54 Å². The second-order valence-corrected chi connectivity index (χ2v) is 5.35. The van der Waals surface area contributed by atoms with Gasteiger partial charge in [0.2, 0.25) is 5.91 Å². The van der Waals surface area contributed by atoms with E-state index < -0.39 is 0 Å². The predicted octanol–water partition coefficient (Wildman–Crippen LogP) is 4.02. The standard InChI is InChI=1S/C18H18ClNO/c1-14-5-7-15(8-6-14)9-10-18(21)20-12-11-16-3-2-4-17(19)13-16/h2-10,13H,11-12H2,1H3,(H,20,21)/b10-9+. The predicted molar refractivity (Wildman–Crippen MR) is 88.4 cm³/mol. The van der Waals surface area contributed by atoms with Crippen LogP contribution in [0.2, 0.25) is 5.02 Å². The average Bonchev–Trinajstić information content (AvgIpc) is 2.47. The number of benzene rings is 2. The third-order valence-electron chi connectivity index (χ3n) is 3.11. The minimum absolute atomic E-state index is 0.0856. The summed E-state index contributed by atoms with van der Waals surface area (Å²) in [7, 11) is 0.